The summed E-state index contributed by atoms with van der Waals surface area (Å²) in [6, 6.07) is 2.99. The second-order valence-corrected chi connectivity index (χ2v) is 10.3. The molecular formula is C25H34F2N2O5. The van der Waals surface area contributed by atoms with Gasteiger partial charge in [-0.2, -0.15) is 0 Å². The van der Waals surface area contributed by atoms with Crippen LogP contribution >= 0.6 is 0 Å². The molecule has 1 spiro atoms. The largest absolute Gasteiger partial charge is 0.465 e. The summed E-state index contributed by atoms with van der Waals surface area (Å²) in [4.78, 5) is 42.8. The smallest absolute Gasteiger partial charge is 0.411 e. The first-order chi connectivity index (χ1) is 15.8. The summed E-state index contributed by atoms with van der Waals surface area (Å²) < 4.78 is 39.3. The van der Waals surface area contributed by atoms with Crippen LogP contribution in [0, 0.1) is 11.6 Å². The summed E-state index contributed by atoms with van der Waals surface area (Å²) in [6.45, 7) is 8.10. The minimum absolute atomic E-state index is 0.0873. The number of piperazine rings is 1. The third-order valence-electron chi connectivity index (χ3n) is 6.59. The highest BCUT2D eigenvalue weighted by molar-refractivity contribution is 5.94. The summed E-state index contributed by atoms with van der Waals surface area (Å²) in [5, 5.41) is 0. The summed E-state index contributed by atoms with van der Waals surface area (Å²) in [5.41, 5.74) is -3.26. The van der Waals surface area contributed by atoms with Crippen molar-refractivity contribution in [1.29, 1.82) is 0 Å². The van der Waals surface area contributed by atoms with E-state index >= 15 is 0 Å². The summed E-state index contributed by atoms with van der Waals surface area (Å²) in [5.74, 6) is -2.71. The van der Waals surface area contributed by atoms with Crippen molar-refractivity contribution in [2.75, 3.05) is 19.7 Å². The topological polar surface area (TPSA) is 76.2 Å². The molecular weight excluding hydrogens is 446 g/mol. The molecule has 2 aliphatic rings. The average Bonchev–Trinajstić information content (AvgIpc) is 2.73. The van der Waals surface area contributed by atoms with E-state index in [4.69, 9.17) is 9.47 Å². The molecule has 3 rings (SSSR count). The van der Waals surface area contributed by atoms with Crippen LogP contribution in [0.15, 0.2) is 18.2 Å². The van der Waals surface area contributed by atoms with E-state index < -0.39 is 52.8 Å². The monoisotopic (exact) mass is 480 g/mol. The van der Waals surface area contributed by atoms with Gasteiger partial charge in [-0.05, 0) is 65.2 Å². The molecule has 7 nitrogen and oxygen atoms in total. The Morgan fingerprint density at radius 1 is 1.06 bits per heavy atom. The van der Waals surface area contributed by atoms with Crippen LogP contribution in [-0.2, 0) is 24.6 Å². The second-order valence-electron chi connectivity index (χ2n) is 10.3. The number of benzene rings is 1. The molecule has 1 saturated carbocycles. The quantitative estimate of drug-likeness (QED) is 0.592. The van der Waals surface area contributed by atoms with Gasteiger partial charge in [0.05, 0.1) is 18.7 Å². The Hall–Kier alpha value is -2.71. The zero-order valence-electron chi connectivity index (χ0n) is 20.6. The lowest BCUT2D eigenvalue weighted by molar-refractivity contribution is -0.173. The number of nitrogens with zero attached hydrogens (tertiary/aromatic N) is 2. The van der Waals surface area contributed by atoms with Gasteiger partial charge < -0.3 is 14.4 Å². The highest BCUT2D eigenvalue weighted by Crippen LogP contribution is 2.45. The molecule has 9 heteroatoms. The highest BCUT2D eigenvalue weighted by atomic mass is 19.1. The number of rotatable bonds is 4. The maximum Gasteiger partial charge on any atom is 0.411 e. The minimum Gasteiger partial charge on any atom is -0.465 e. The molecule has 34 heavy (non-hydrogen) atoms. The maximum atomic E-state index is 14.2. The Kier molecular flexibility index (Phi) is 7.24. The fourth-order valence-corrected chi connectivity index (χ4v) is 5.01. The molecule has 0 radical (unpaired) electrons. The average molecular weight is 481 g/mol. The van der Waals surface area contributed by atoms with Crippen LogP contribution in [-0.4, -0.2) is 58.6 Å². The van der Waals surface area contributed by atoms with Crippen LogP contribution in [0.1, 0.15) is 72.3 Å². The number of carbonyl (C=O) groups excluding carboxylic acids is 3. The standard InChI is InChI=1S/C25H34F2N2O5/c1-6-33-20(30)15-28-21(31)25(10-8-7-9-11-25)29(22(32)34-23(2,3)4)16-24(28,5)17-12-18(26)14-19(27)13-17/h12-14H,6-11,15-16H2,1-5H3/t24-/m0/s1. The predicted octanol–water partition coefficient (Wildman–Crippen LogP) is 4.53. The van der Waals surface area contributed by atoms with E-state index in [0.29, 0.717) is 12.8 Å². The van der Waals surface area contributed by atoms with Crippen molar-refractivity contribution in [1.82, 2.24) is 9.80 Å². The van der Waals surface area contributed by atoms with E-state index in [9.17, 15) is 23.2 Å². The number of ether oxygens (including phenoxy) is 2. The van der Waals surface area contributed by atoms with Crippen LogP contribution in [0.3, 0.4) is 0 Å². The van der Waals surface area contributed by atoms with Crippen LogP contribution in [0.4, 0.5) is 13.6 Å². The predicted molar refractivity (Wildman–Crippen MR) is 121 cm³/mol. The Balaban J connectivity index is 2.16. The van der Waals surface area contributed by atoms with Gasteiger partial charge in [0.1, 0.15) is 29.3 Å². The molecule has 2 fully saturated rings. The number of halogens is 2. The van der Waals surface area contributed by atoms with Crippen molar-refractivity contribution in [2.24, 2.45) is 0 Å². The van der Waals surface area contributed by atoms with Crippen molar-refractivity contribution in [3.05, 3.63) is 35.4 Å². The molecule has 1 aromatic carbocycles. The first-order valence-corrected chi connectivity index (χ1v) is 11.8. The van der Waals surface area contributed by atoms with E-state index in [1.807, 2.05) is 0 Å². The normalized spacial score (nSPS) is 22.6. The van der Waals surface area contributed by atoms with Gasteiger partial charge in [-0.15, -0.1) is 0 Å². The number of esters is 1. The number of hydrogen-bond acceptors (Lipinski definition) is 5. The van der Waals surface area contributed by atoms with E-state index in [0.717, 1.165) is 37.5 Å². The molecule has 0 N–H and O–H groups in total. The zero-order valence-corrected chi connectivity index (χ0v) is 20.6. The molecule has 1 heterocycles. The first-order valence-electron chi connectivity index (χ1n) is 11.8. The molecule has 1 aromatic rings. The van der Waals surface area contributed by atoms with Crippen molar-refractivity contribution < 1.29 is 32.6 Å². The molecule has 188 valence electrons. The van der Waals surface area contributed by atoms with E-state index in [1.165, 1.54) is 9.80 Å². The molecule has 1 saturated heterocycles. The van der Waals surface area contributed by atoms with Gasteiger partial charge >= 0.3 is 12.1 Å². The molecule has 2 amide bonds. The Bertz CT molecular complexity index is 935. The van der Waals surface area contributed by atoms with Gasteiger partial charge in [0.25, 0.3) is 0 Å². The molecule has 0 unspecified atom stereocenters. The van der Waals surface area contributed by atoms with Crippen LogP contribution in [0.25, 0.3) is 0 Å². The van der Waals surface area contributed by atoms with E-state index in [2.05, 4.69) is 0 Å². The molecule has 1 atom stereocenters. The molecule has 1 aliphatic heterocycles. The van der Waals surface area contributed by atoms with Gasteiger partial charge in [0.2, 0.25) is 5.91 Å². The van der Waals surface area contributed by atoms with Gasteiger partial charge in [-0.3, -0.25) is 14.5 Å². The lowest BCUT2D eigenvalue weighted by Gasteiger charge is -2.57. The summed E-state index contributed by atoms with van der Waals surface area (Å²) >= 11 is 0. The Morgan fingerprint density at radius 2 is 1.65 bits per heavy atom. The number of hydrogen-bond donors (Lipinski definition) is 0. The first kappa shape index (κ1) is 25.9. The van der Waals surface area contributed by atoms with Gasteiger partial charge in [0, 0.05) is 6.07 Å². The van der Waals surface area contributed by atoms with Gasteiger partial charge in [-0.25, -0.2) is 13.6 Å². The van der Waals surface area contributed by atoms with Crippen LogP contribution in [0.2, 0.25) is 0 Å². The van der Waals surface area contributed by atoms with E-state index in [1.54, 1.807) is 34.6 Å². The Morgan fingerprint density at radius 3 is 2.18 bits per heavy atom. The lowest BCUT2D eigenvalue weighted by Crippen LogP contribution is -2.74. The van der Waals surface area contributed by atoms with Gasteiger partial charge in [0.15, 0.2) is 0 Å². The minimum atomic E-state index is -1.40. The molecule has 0 bridgehead atoms. The maximum absolute atomic E-state index is 14.2. The van der Waals surface area contributed by atoms with Crippen LogP contribution in [0.5, 0.6) is 0 Å². The molecule has 1 aliphatic carbocycles. The molecule has 0 aromatic heterocycles. The van der Waals surface area contributed by atoms with Crippen LogP contribution < -0.4 is 0 Å². The lowest BCUT2D eigenvalue weighted by atomic mass is 9.73. The van der Waals surface area contributed by atoms with Crippen molar-refractivity contribution in [3.8, 4) is 0 Å². The van der Waals surface area contributed by atoms with Gasteiger partial charge in [-0.1, -0.05) is 19.3 Å². The fourth-order valence-electron chi connectivity index (χ4n) is 5.01. The summed E-state index contributed by atoms with van der Waals surface area (Å²) in [7, 11) is 0. The SMILES string of the molecule is CCOC(=O)CN1C(=O)C2(CCCCC2)N(C(=O)OC(C)(C)C)C[C@@]1(C)c1cc(F)cc(F)c1. The summed E-state index contributed by atoms with van der Waals surface area (Å²) in [6.07, 6.45) is 2.53. The Labute approximate surface area is 199 Å². The van der Waals surface area contributed by atoms with Crippen molar-refractivity contribution >= 4 is 18.0 Å². The highest BCUT2D eigenvalue weighted by Gasteiger charge is 2.59. The zero-order chi connectivity index (χ0) is 25.3. The second kappa shape index (κ2) is 9.50. The van der Waals surface area contributed by atoms with Crippen molar-refractivity contribution in [3.63, 3.8) is 0 Å². The fraction of sp³-hybridized carbons (Fsp3) is 0.640. The number of amides is 2. The van der Waals surface area contributed by atoms with E-state index in [-0.39, 0.29) is 18.7 Å². The number of carbonyl (C=O) groups is 3. The third-order valence-corrected chi connectivity index (χ3v) is 6.59. The van der Waals surface area contributed by atoms with Crippen molar-refractivity contribution in [2.45, 2.75) is 83.4 Å². The third kappa shape index (κ3) is 5.03.